The van der Waals surface area contributed by atoms with Crippen molar-refractivity contribution < 1.29 is 4.79 Å². The molecule has 1 N–H and O–H groups in total. The van der Waals surface area contributed by atoms with Gasteiger partial charge in [0.2, 0.25) is 0 Å². The summed E-state index contributed by atoms with van der Waals surface area (Å²) in [6.45, 7) is 4.50. The first kappa shape index (κ1) is 12.1. The van der Waals surface area contributed by atoms with Crippen LogP contribution in [-0.4, -0.2) is 41.5 Å². The van der Waals surface area contributed by atoms with Gasteiger partial charge < -0.3 is 10.2 Å². The van der Waals surface area contributed by atoms with Gasteiger partial charge in [-0.2, -0.15) is 0 Å². The predicted octanol–water partition coefficient (Wildman–Crippen LogP) is 1.67. The molecular formula is C15H17N3O. The highest BCUT2D eigenvalue weighted by atomic mass is 16.2. The number of hydrogen-bond donors (Lipinski definition) is 1. The SMILES string of the molecule is C[C@@H]1CNCCN1C(=O)c1nccc2ccccc12. The highest BCUT2D eigenvalue weighted by molar-refractivity contribution is 6.05. The molecule has 1 amide bonds. The zero-order chi connectivity index (χ0) is 13.2. The molecule has 4 heteroatoms. The number of carbonyl (C=O) groups excluding carboxylic acids is 1. The second kappa shape index (κ2) is 4.97. The second-order valence-electron chi connectivity index (χ2n) is 4.93. The van der Waals surface area contributed by atoms with E-state index in [2.05, 4.69) is 17.2 Å². The molecule has 1 aromatic heterocycles. The highest BCUT2D eigenvalue weighted by Crippen LogP contribution is 2.19. The molecule has 19 heavy (non-hydrogen) atoms. The molecule has 0 saturated carbocycles. The van der Waals surface area contributed by atoms with Crippen molar-refractivity contribution >= 4 is 16.7 Å². The molecule has 0 unspecified atom stereocenters. The molecule has 0 spiro atoms. The Labute approximate surface area is 112 Å². The van der Waals surface area contributed by atoms with Gasteiger partial charge in [-0.05, 0) is 18.4 Å². The van der Waals surface area contributed by atoms with E-state index in [4.69, 9.17) is 0 Å². The quantitative estimate of drug-likeness (QED) is 0.843. The Hall–Kier alpha value is -1.94. The number of nitrogens with zero attached hydrogens (tertiary/aromatic N) is 2. The van der Waals surface area contributed by atoms with Crippen molar-refractivity contribution in [2.45, 2.75) is 13.0 Å². The molecule has 3 rings (SSSR count). The number of nitrogens with one attached hydrogen (secondary N) is 1. The number of amides is 1. The molecule has 1 aromatic carbocycles. The number of benzene rings is 1. The molecule has 0 bridgehead atoms. The average Bonchev–Trinajstić information content (AvgIpc) is 2.46. The van der Waals surface area contributed by atoms with Gasteiger partial charge in [0.05, 0.1) is 0 Å². The largest absolute Gasteiger partial charge is 0.332 e. The fourth-order valence-electron chi connectivity index (χ4n) is 2.57. The Bertz CT molecular complexity index is 606. The van der Waals surface area contributed by atoms with Crippen molar-refractivity contribution in [1.82, 2.24) is 15.2 Å². The molecule has 1 aliphatic rings. The summed E-state index contributed by atoms with van der Waals surface area (Å²) < 4.78 is 0. The maximum atomic E-state index is 12.7. The zero-order valence-corrected chi connectivity index (χ0v) is 11.0. The summed E-state index contributed by atoms with van der Waals surface area (Å²) in [6.07, 6.45) is 1.71. The maximum Gasteiger partial charge on any atom is 0.273 e. The van der Waals surface area contributed by atoms with Gasteiger partial charge in [0.25, 0.3) is 5.91 Å². The van der Waals surface area contributed by atoms with Crippen LogP contribution in [0.3, 0.4) is 0 Å². The Morgan fingerprint density at radius 2 is 2.21 bits per heavy atom. The van der Waals surface area contributed by atoms with Gasteiger partial charge in [-0.15, -0.1) is 0 Å². The van der Waals surface area contributed by atoms with Gasteiger partial charge in [-0.3, -0.25) is 9.78 Å². The molecule has 98 valence electrons. The number of rotatable bonds is 1. The highest BCUT2D eigenvalue weighted by Gasteiger charge is 2.25. The Morgan fingerprint density at radius 3 is 3.05 bits per heavy atom. The molecule has 0 radical (unpaired) electrons. The Kier molecular flexibility index (Phi) is 3.17. The average molecular weight is 255 g/mol. The van der Waals surface area contributed by atoms with Crippen molar-refractivity contribution in [2.75, 3.05) is 19.6 Å². The van der Waals surface area contributed by atoms with Gasteiger partial charge in [0, 0.05) is 37.3 Å². The van der Waals surface area contributed by atoms with Crippen molar-refractivity contribution in [3.8, 4) is 0 Å². The molecule has 1 saturated heterocycles. The van der Waals surface area contributed by atoms with Crippen LogP contribution in [0.1, 0.15) is 17.4 Å². The van der Waals surface area contributed by atoms with Crippen LogP contribution in [0, 0.1) is 0 Å². The van der Waals surface area contributed by atoms with Crippen LogP contribution in [0.15, 0.2) is 36.5 Å². The minimum absolute atomic E-state index is 0.0331. The first-order chi connectivity index (χ1) is 9.27. The third kappa shape index (κ3) is 2.19. The summed E-state index contributed by atoms with van der Waals surface area (Å²) >= 11 is 0. The topological polar surface area (TPSA) is 45.2 Å². The summed E-state index contributed by atoms with van der Waals surface area (Å²) in [6, 6.07) is 10.0. The Balaban J connectivity index is 2.01. The molecule has 2 heterocycles. The van der Waals surface area contributed by atoms with E-state index in [-0.39, 0.29) is 11.9 Å². The van der Waals surface area contributed by atoms with E-state index < -0.39 is 0 Å². The lowest BCUT2D eigenvalue weighted by atomic mass is 10.1. The van der Waals surface area contributed by atoms with Crippen LogP contribution in [0.4, 0.5) is 0 Å². The van der Waals surface area contributed by atoms with Crippen molar-refractivity contribution in [1.29, 1.82) is 0 Å². The van der Waals surface area contributed by atoms with Crippen molar-refractivity contribution in [3.05, 3.63) is 42.2 Å². The smallest absolute Gasteiger partial charge is 0.273 e. The van der Waals surface area contributed by atoms with E-state index >= 15 is 0 Å². The molecule has 1 atom stereocenters. The molecule has 2 aromatic rings. The lowest BCUT2D eigenvalue weighted by Gasteiger charge is -2.33. The predicted molar refractivity (Wildman–Crippen MR) is 75.1 cm³/mol. The fraction of sp³-hybridized carbons (Fsp3) is 0.333. The number of piperazine rings is 1. The third-order valence-corrected chi connectivity index (χ3v) is 3.64. The summed E-state index contributed by atoms with van der Waals surface area (Å²) in [5.74, 6) is 0.0331. The molecule has 1 fully saturated rings. The number of hydrogen-bond acceptors (Lipinski definition) is 3. The van der Waals surface area contributed by atoms with Crippen molar-refractivity contribution in [3.63, 3.8) is 0 Å². The van der Waals surface area contributed by atoms with E-state index in [9.17, 15) is 4.79 Å². The normalized spacial score (nSPS) is 19.6. The van der Waals surface area contributed by atoms with E-state index in [1.165, 1.54) is 0 Å². The van der Waals surface area contributed by atoms with Gasteiger partial charge in [-0.1, -0.05) is 24.3 Å². The van der Waals surface area contributed by atoms with Crippen LogP contribution in [-0.2, 0) is 0 Å². The maximum absolute atomic E-state index is 12.7. The van der Waals surface area contributed by atoms with Crippen LogP contribution in [0.2, 0.25) is 0 Å². The monoisotopic (exact) mass is 255 g/mol. The van der Waals surface area contributed by atoms with E-state index in [0.29, 0.717) is 5.69 Å². The van der Waals surface area contributed by atoms with E-state index in [1.807, 2.05) is 35.2 Å². The van der Waals surface area contributed by atoms with Gasteiger partial charge >= 0.3 is 0 Å². The minimum atomic E-state index is 0.0331. The molecular weight excluding hydrogens is 238 g/mol. The summed E-state index contributed by atoms with van der Waals surface area (Å²) in [5, 5.41) is 5.28. The molecule has 1 aliphatic heterocycles. The van der Waals surface area contributed by atoms with Crippen LogP contribution >= 0.6 is 0 Å². The minimum Gasteiger partial charge on any atom is -0.332 e. The lowest BCUT2D eigenvalue weighted by molar-refractivity contribution is 0.0652. The summed E-state index contributed by atoms with van der Waals surface area (Å²) in [7, 11) is 0. The van der Waals surface area contributed by atoms with E-state index in [0.717, 1.165) is 30.4 Å². The first-order valence-corrected chi connectivity index (χ1v) is 6.63. The Morgan fingerprint density at radius 1 is 1.37 bits per heavy atom. The first-order valence-electron chi connectivity index (χ1n) is 6.63. The third-order valence-electron chi connectivity index (χ3n) is 3.64. The fourth-order valence-corrected chi connectivity index (χ4v) is 2.57. The molecule has 0 aliphatic carbocycles. The zero-order valence-electron chi connectivity index (χ0n) is 11.0. The summed E-state index contributed by atoms with van der Waals surface area (Å²) in [4.78, 5) is 18.9. The standard InChI is InChI=1S/C15H17N3O/c1-11-10-16-8-9-18(11)15(19)14-13-5-3-2-4-12(13)6-7-17-14/h2-7,11,16H,8-10H2,1H3/t11-/m1/s1. The van der Waals surface area contributed by atoms with Gasteiger partial charge in [0.15, 0.2) is 0 Å². The van der Waals surface area contributed by atoms with Crippen LogP contribution in [0.5, 0.6) is 0 Å². The van der Waals surface area contributed by atoms with Crippen LogP contribution in [0.25, 0.3) is 10.8 Å². The number of pyridine rings is 1. The number of carbonyl (C=O) groups is 1. The second-order valence-corrected chi connectivity index (χ2v) is 4.93. The number of fused-ring (bicyclic) bond motifs is 1. The van der Waals surface area contributed by atoms with Crippen LogP contribution < -0.4 is 5.32 Å². The molecule has 4 nitrogen and oxygen atoms in total. The van der Waals surface area contributed by atoms with Crippen molar-refractivity contribution in [2.24, 2.45) is 0 Å². The number of aromatic nitrogens is 1. The van der Waals surface area contributed by atoms with Gasteiger partial charge in [-0.25, -0.2) is 0 Å². The van der Waals surface area contributed by atoms with E-state index in [1.54, 1.807) is 6.20 Å². The van der Waals surface area contributed by atoms with Gasteiger partial charge in [0.1, 0.15) is 5.69 Å². The lowest BCUT2D eigenvalue weighted by Crippen LogP contribution is -2.52. The summed E-state index contributed by atoms with van der Waals surface area (Å²) in [5.41, 5.74) is 0.562.